The molecule has 0 aromatic carbocycles. The molecule has 0 radical (unpaired) electrons. The van der Waals surface area contributed by atoms with Crippen LogP contribution in [0.25, 0.3) is 0 Å². The van der Waals surface area contributed by atoms with E-state index in [1.165, 1.54) is 0 Å². The molecule has 7 aliphatic rings. The van der Waals surface area contributed by atoms with Crippen molar-refractivity contribution in [2.75, 3.05) is 85.9 Å². The molecule has 7 aliphatic heterocycles. The van der Waals surface area contributed by atoms with Gasteiger partial charge in [-0.2, -0.15) is 0 Å². The molecule has 30 heteroatoms. The standard InChI is InChI=1S/C45H76O30/c1-15-16(31(51)34(54)21(3-47)70-15)5-64-10-24-36(56)32(52)17(20(2-46)71-24)6-65-12-26-37(57)33(53)19(42(74-26)44(62)63)7-66-9-23-29(49)18-8-68-43-41(61)39(59)27(75-45(43)69-14-28(73-23)30(18)50)13-67-11-25-38(58)40(60)35(55)22(4-48)72-25/h15-43,45-61H,2-14H2,1H3,(H,62,63)/p-1/t15?,16?,17?,18-,19?,20?,21?,22?,23?,24?,25?,26?,27?,28?,29?,30?,31?,32?,33?,34?,35?,36?,37?,38?,39?,40?,41?,42?,43-,45?/m1/s1. The first-order valence-corrected chi connectivity index (χ1v) is 25.1. The van der Waals surface area contributed by atoms with Gasteiger partial charge in [0.05, 0.1) is 135 Å². The summed E-state index contributed by atoms with van der Waals surface area (Å²) in [6.07, 6.45) is -36.6. The van der Waals surface area contributed by atoms with E-state index < -0.39 is 261 Å². The number of ether oxygens (including phenoxy) is 12. The Morgan fingerprint density at radius 1 is 0.413 bits per heavy atom. The van der Waals surface area contributed by atoms with Gasteiger partial charge in [0.15, 0.2) is 6.29 Å². The Labute approximate surface area is 429 Å². The molecule has 30 nitrogen and oxygen atoms in total. The quantitative estimate of drug-likeness (QED) is 0.0538. The Kier molecular flexibility index (Phi) is 22.1. The molecule has 16 N–H and O–H groups in total. The van der Waals surface area contributed by atoms with Gasteiger partial charge in [-0.25, -0.2) is 0 Å². The summed E-state index contributed by atoms with van der Waals surface area (Å²) in [6.45, 7) is -4.39. The van der Waals surface area contributed by atoms with Gasteiger partial charge in [-0.05, 0) is 6.92 Å². The van der Waals surface area contributed by atoms with Crippen molar-refractivity contribution < 1.29 is 148 Å². The van der Waals surface area contributed by atoms with E-state index in [4.69, 9.17) is 56.8 Å². The van der Waals surface area contributed by atoms with Crippen LogP contribution in [0.5, 0.6) is 0 Å². The van der Waals surface area contributed by atoms with Crippen LogP contribution < -0.4 is 5.11 Å². The van der Waals surface area contributed by atoms with Gasteiger partial charge in [0.1, 0.15) is 110 Å². The molecule has 2 bridgehead atoms. The number of hydrogen-bond donors (Lipinski definition) is 16. The van der Waals surface area contributed by atoms with Gasteiger partial charge in [-0.15, -0.1) is 0 Å². The number of carboxylic acids is 1. The predicted molar refractivity (Wildman–Crippen MR) is 235 cm³/mol. The molecule has 7 fully saturated rings. The highest BCUT2D eigenvalue weighted by atomic mass is 16.7. The van der Waals surface area contributed by atoms with E-state index in [9.17, 15) is 91.6 Å². The van der Waals surface area contributed by atoms with Crippen LogP contribution in [0, 0.1) is 23.7 Å². The summed E-state index contributed by atoms with van der Waals surface area (Å²) in [5.74, 6) is -6.15. The van der Waals surface area contributed by atoms with Crippen molar-refractivity contribution in [2.24, 2.45) is 23.7 Å². The summed E-state index contributed by atoms with van der Waals surface area (Å²) >= 11 is 0. The minimum absolute atomic E-state index is 0.161. The van der Waals surface area contributed by atoms with E-state index in [1.54, 1.807) is 6.92 Å². The Bertz CT molecular complexity index is 1740. The van der Waals surface area contributed by atoms with Crippen molar-refractivity contribution in [3.05, 3.63) is 0 Å². The lowest BCUT2D eigenvalue weighted by Gasteiger charge is -2.45. The largest absolute Gasteiger partial charge is 0.547 e. The maximum atomic E-state index is 12.4. The smallest absolute Gasteiger partial charge is 0.187 e. The summed E-state index contributed by atoms with van der Waals surface area (Å²) < 4.78 is 68.6. The highest BCUT2D eigenvalue weighted by Gasteiger charge is 2.53. The highest BCUT2D eigenvalue weighted by Crippen LogP contribution is 2.35. The summed E-state index contributed by atoms with van der Waals surface area (Å²) in [5, 5.41) is 181. The molecule has 0 saturated carbocycles. The van der Waals surface area contributed by atoms with Crippen LogP contribution in [-0.4, -0.2) is 332 Å². The van der Waals surface area contributed by atoms with E-state index in [0.29, 0.717) is 0 Å². The summed E-state index contributed by atoms with van der Waals surface area (Å²) in [6, 6.07) is 0. The summed E-state index contributed by atoms with van der Waals surface area (Å²) in [5.41, 5.74) is 0. The lowest BCUT2D eigenvalue weighted by molar-refractivity contribution is -0.332. The Morgan fingerprint density at radius 2 is 0.840 bits per heavy atom. The number of carbonyl (C=O) groups excluding carboxylic acids is 1. The molecule has 0 aliphatic carbocycles. The zero-order valence-electron chi connectivity index (χ0n) is 40.9. The molecule has 0 amide bonds. The van der Waals surface area contributed by atoms with Gasteiger partial charge in [-0.1, -0.05) is 0 Å². The van der Waals surface area contributed by atoms with E-state index >= 15 is 0 Å². The number of aliphatic carboxylic acids is 1. The fourth-order valence-corrected chi connectivity index (χ4v) is 10.7. The van der Waals surface area contributed by atoms with Crippen molar-refractivity contribution in [3.8, 4) is 0 Å². The molecular weight excluding hydrogens is 1020 g/mol. The summed E-state index contributed by atoms with van der Waals surface area (Å²) in [4.78, 5) is 12.4. The van der Waals surface area contributed by atoms with Gasteiger partial charge in [0.2, 0.25) is 0 Å². The predicted octanol–water partition coefficient (Wildman–Crippen LogP) is -12.1. The van der Waals surface area contributed by atoms with E-state index in [0.717, 1.165) is 0 Å². The molecule has 7 saturated heterocycles. The topological polar surface area (TPSA) is 475 Å². The fourth-order valence-electron chi connectivity index (χ4n) is 10.7. The SMILES string of the molecule is CC1OC(CO)C(O)C(O)C1COCC1OC(CO)C(COCC2OC(C(=O)[O-])C(COCC3OC4COC5OC(COCC6OC(CO)C(O)C(O)C6O)C(O)C(O)[C@H]5OC[C@H](C3O)C4O)C(O)C2O)C(O)C1O. The van der Waals surface area contributed by atoms with Crippen LogP contribution in [0.15, 0.2) is 0 Å². The van der Waals surface area contributed by atoms with Crippen LogP contribution >= 0.6 is 0 Å². The first kappa shape index (κ1) is 61.0. The number of aliphatic hydroxyl groups excluding tert-OH is 16. The normalized spacial score (nSPS) is 49.8. The zero-order chi connectivity index (χ0) is 54.6. The summed E-state index contributed by atoms with van der Waals surface area (Å²) in [7, 11) is 0. The molecule has 30 atom stereocenters. The Hall–Kier alpha value is -1.65. The van der Waals surface area contributed by atoms with Crippen LogP contribution in [0.3, 0.4) is 0 Å². The van der Waals surface area contributed by atoms with Crippen molar-refractivity contribution in [1.82, 2.24) is 0 Å². The van der Waals surface area contributed by atoms with Crippen LogP contribution in [-0.2, 0) is 61.6 Å². The second-order valence-corrected chi connectivity index (χ2v) is 20.3. The first-order valence-electron chi connectivity index (χ1n) is 25.1. The number of carboxylic acid groups (broad SMARTS) is 1. The lowest BCUT2D eigenvalue weighted by atomic mass is 9.86. The van der Waals surface area contributed by atoms with Crippen molar-refractivity contribution in [1.29, 1.82) is 0 Å². The number of hydrogen-bond acceptors (Lipinski definition) is 30. The number of carbonyl (C=O) groups is 1. The fraction of sp³-hybridized carbons (Fsp3) is 0.978. The molecule has 0 spiro atoms. The molecular formula is C45H75O30-. The number of fused-ring (bicyclic) bond motifs is 3. The Balaban J connectivity index is 0.867. The monoisotopic (exact) mass is 1100 g/mol. The molecule has 7 heterocycles. The molecule has 28 unspecified atom stereocenters. The molecule has 7 rings (SSSR count). The van der Waals surface area contributed by atoms with Crippen LogP contribution in [0.2, 0.25) is 0 Å². The van der Waals surface area contributed by atoms with Crippen molar-refractivity contribution in [2.45, 2.75) is 166 Å². The molecule has 0 aromatic heterocycles. The second kappa shape index (κ2) is 27.2. The van der Waals surface area contributed by atoms with Gasteiger partial charge in [0.25, 0.3) is 0 Å². The molecule has 436 valence electrons. The van der Waals surface area contributed by atoms with E-state index in [-0.39, 0.29) is 13.2 Å². The van der Waals surface area contributed by atoms with Crippen LogP contribution in [0.4, 0.5) is 0 Å². The minimum atomic E-state index is -1.89. The van der Waals surface area contributed by atoms with E-state index in [2.05, 4.69) is 0 Å². The highest BCUT2D eigenvalue weighted by molar-refractivity contribution is 5.70. The second-order valence-electron chi connectivity index (χ2n) is 20.3. The van der Waals surface area contributed by atoms with Crippen molar-refractivity contribution >= 4 is 5.97 Å². The average Bonchev–Trinajstić information content (AvgIpc) is 3.43. The number of aliphatic hydroxyl groups is 16. The molecule has 0 aromatic rings. The Morgan fingerprint density at radius 3 is 1.43 bits per heavy atom. The average molecular weight is 1100 g/mol. The maximum absolute atomic E-state index is 12.4. The first-order chi connectivity index (χ1) is 35.7. The number of rotatable bonds is 20. The van der Waals surface area contributed by atoms with Crippen LogP contribution in [0.1, 0.15) is 6.92 Å². The third-order valence-corrected chi connectivity index (χ3v) is 15.5. The third kappa shape index (κ3) is 13.6. The van der Waals surface area contributed by atoms with Crippen molar-refractivity contribution in [3.63, 3.8) is 0 Å². The van der Waals surface area contributed by atoms with Gasteiger partial charge < -0.3 is 148 Å². The van der Waals surface area contributed by atoms with E-state index in [1.807, 2.05) is 0 Å². The third-order valence-electron chi connectivity index (χ3n) is 15.5. The van der Waals surface area contributed by atoms with Gasteiger partial charge in [-0.3, -0.25) is 0 Å². The minimum Gasteiger partial charge on any atom is -0.547 e. The van der Waals surface area contributed by atoms with Gasteiger partial charge in [0, 0.05) is 23.7 Å². The maximum Gasteiger partial charge on any atom is 0.187 e. The van der Waals surface area contributed by atoms with Gasteiger partial charge >= 0.3 is 0 Å². The zero-order valence-corrected chi connectivity index (χ0v) is 40.9. The molecule has 75 heavy (non-hydrogen) atoms. The lowest BCUT2D eigenvalue weighted by Crippen LogP contribution is -2.62.